The Kier molecular flexibility index (Phi) is 9.60. The predicted molar refractivity (Wildman–Crippen MR) is 232 cm³/mol. The van der Waals surface area contributed by atoms with Gasteiger partial charge >= 0.3 is 0 Å². The minimum absolute atomic E-state index is 0.0450. The zero-order valence-electron chi connectivity index (χ0n) is 35.3. The highest BCUT2D eigenvalue weighted by Crippen LogP contribution is 2.44. The summed E-state index contributed by atoms with van der Waals surface area (Å²) >= 11 is 0. The number of nitrogens with zero attached hydrogens (tertiary/aromatic N) is 4. The first-order valence-electron chi connectivity index (χ1n) is 19.9. The van der Waals surface area contributed by atoms with E-state index in [1.54, 1.807) is 0 Å². The van der Waals surface area contributed by atoms with Crippen LogP contribution in [-0.2, 0) is 22.7 Å². The molecular weight excluding hydrogens is 673 g/mol. The van der Waals surface area contributed by atoms with Crippen molar-refractivity contribution in [2.75, 3.05) is 0 Å². The molecule has 4 aromatic carbocycles. The van der Waals surface area contributed by atoms with E-state index in [-0.39, 0.29) is 16.2 Å². The van der Waals surface area contributed by atoms with Gasteiger partial charge in [0.15, 0.2) is 0 Å². The average molecular weight is 731 g/mol. The van der Waals surface area contributed by atoms with Crippen LogP contribution in [0.2, 0.25) is 0 Å². The molecule has 55 heavy (non-hydrogen) atoms. The summed E-state index contributed by atoms with van der Waals surface area (Å²) in [5, 5.41) is 7.65. The van der Waals surface area contributed by atoms with Crippen LogP contribution >= 0.6 is 0 Å². The number of aryl methyl sites for hydroxylation is 3. The standard InChI is InChI=1S/C50H58N4O/c1-14-17-34-22-23-51-45(26-34)53-43-19-16-15-18-39(43)40-21-20-37(30-44(40)53)55-38-28-35(48(5,6)7)27-36(29-38)54-33(4)46(32(3)52-54)47-41(49(8,9)10)24-31(2)25-42(47)50(11,12)13/h15-16,18-30H,14,17H2,1-13H3. The number of hydrogen-bond donors (Lipinski definition) is 0. The Labute approximate surface area is 328 Å². The number of hydrogen-bond acceptors (Lipinski definition) is 3. The summed E-state index contributed by atoms with van der Waals surface area (Å²) in [6.07, 6.45) is 4.04. The average Bonchev–Trinajstić information content (AvgIpc) is 3.59. The maximum absolute atomic E-state index is 6.86. The Morgan fingerprint density at radius 1 is 0.636 bits per heavy atom. The summed E-state index contributed by atoms with van der Waals surface area (Å²) in [4.78, 5) is 4.86. The smallest absolute Gasteiger partial charge is 0.137 e. The fraction of sp³-hybridized carbons (Fsp3) is 0.360. The summed E-state index contributed by atoms with van der Waals surface area (Å²) in [6, 6.07) is 30.7. The molecule has 5 heteroatoms. The van der Waals surface area contributed by atoms with Crippen molar-refractivity contribution in [2.24, 2.45) is 0 Å². The lowest BCUT2D eigenvalue weighted by Gasteiger charge is -2.31. The molecule has 0 atom stereocenters. The molecule has 0 radical (unpaired) electrons. The lowest BCUT2D eigenvalue weighted by atomic mass is 9.73. The molecule has 0 saturated heterocycles. The fourth-order valence-corrected chi connectivity index (χ4v) is 8.12. The number of aromatic nitrogens is 4. The Morgan fingerprint density at radius 3 is 1.96 bits per heavy atom. The van der Waals surface area contributed by atoms with Crippen molar-refractivity contribution in [1.82, 2.24) is 19.3 Å². The van der Waals surface area contributed by atoms with Crippen molar-refractivity contribution in [3.05, 3.63) is 130 Å². The predicted octanol–water partition coefficient (Wildman–Crippen LogP) is 13.6. The van der Waals surface area contributed by atoms with Crippen LogP contribution in [0.1, 0.15) is 115 Å². The number of rotatable bonds is 7. The third-order valence-corrected chi connectivity index (χ3v) is 10.9. The molecule has 7 aromatic rings. The Bertz CT molecular complexity index is 2530. The zero-order valence-corrected chi connectivity index (χ0v) is 35.3. The van der Waals surface area contributed by atoms with Crippen molar-refractivity contribution >= 4 is 21.8 Å². The minimum atomic E-state index is -0.117. The first kappa shape index (κ1) is 38.1. The molecule has 7 rings (SSSR count). The molecule has 0 amide bonds. The third-order valence-electron chi connectivity index (χ3n) is 10.9. The number of benzene rings is 4. The van der Waals surface area contributed by atoms with Crippen LogP contribution in [0, 0.1) is 20.8 Å². The molecule has 0 aliphatic rings. The van der Waals surface area contributed by atoms with Gasteiger partial charge in [0.1, 0.15) is 17.3 Å². The van der Waals surface area contributed by atoms with Gasteiger partial charge in [0.2, 0.25) is 0 Å². The van der Waals surface area contributed by atoms with Gasteiger partial charge < -0.3 is 4.74 Å². The summed E-state index contributed by atoms with van der Waals surface area (Å²) in [6.45, 7) is 29.5. The van der Waals surface area contributed by atoms with Crippen molar-refractivity contribution in [3.63, 3.8) is 0 Å². The van der Waals surface area contributed by atoms with E-state index in [1.807, 2.05) is 6.20 Å². The zero-order chi connectivity index (χ0) is 39.6. The van der Waals surface area contributed by atoms with Gasteiger partial charge in [-0.3, -0.25) is 4.57 Å². The largest absolute Gasteiger partial charge is 0.457 e. The minimum Gasteiger partial charge on any atom is -0.457 e. The third kappa shape index (κ3) is 7.22. The van der Waals surface area contributed by atoms with Crippen LogP contribution in [-0.4, -0.2) is 19.3 Å². The Morgan fingerprint density at radius 2 is 1.31 bits per heavy atom. The summed E-state index contributed by atoms with van der Waals surface area (Å²) < 4.78 is 11.3. The number of pyridine rings is 1. The van der Waals surface area contributed by atoms with Crippen molar-refractivity contribution < 1.29 is 4.74 Å². The number of ether oxygens (including phenoxy) is 1. The topological polar surface area (TPSA) is 44.9 Å². The molecule has 0 aliphatic heterocycles. The van der Waals surface area contributed by atoms with Crippen LogP contribution in [0.4, 0.5) is 0 Å². The first-order chi connectivity index (χ1) is 25.8. The van der Waals surface area contributed by atoms with Crippen LogP contribution < -0.4 is 4.74 Å². The Balaban J connectivity index is 1.38. The molecule has 0 bridgehead atoms. The fourth-order valence-electron chi connectivity index (χ4n) is 8.12. The van der Waals surface area contributed by atoms with Gasteiger partial charge in [-0.25, -0.2) is 9.67 Å². The van der Waals surface area contributed by atoms with Gasteiger partial charge in [-0.15, -0.1) is 0 Å². The lowest BCUT2D eigenvalue weighted by Crippen LogP contribution is -2.20. The maximum atomic E-state index is 6.86. The van der Waals surface area contributed by atoms with Gasteiger partial charge in [0.25, 0.3) is 0 Å². The highest BCUT2D eigenvalue weighted by molar-refractivity contribution is 6.09. The van der Waals surface area contributed by atoms with E-state index >= 15 is 0 Å². The second-order valence-corrected chi connectivity index (χ2v) is 18.6. The molecule has 0 N–H and O–H groups in total. The summed E-state index contributed by atoms with van der Waals surface area (Å²) in [7, 11) is 0. The van der Waals surface area contributed by atoms with E-state index in [1.165, 1.54) is 49.7 Å². The van der Waals surface area contributed by atoms with Crippen LogP contribution in [0.3, 0.4) is 0 Å². The van der Waals surface area contributed by atoms with E-state index in [0.29, 0.717) is 0 Å². The second kappa shape index (κ2) is 13.8. The van der Waals surface area contributed by atoms with E-state index < -0.39 is 0 Å². The molecule has 3 heterocycles. The SMILES string of the molecule is CCCc1ccnc(-n2c3ccccc3c3ccc(Oc4cc(-n5nc(C)c(-c6c(C(C)(C)C)cc(C)cc6C(C)(C)C)c5C)cc(C(C)(C)C)c4)cc32)c1. The van der Waals surface area contributed by atoms with E-state index in [0.717, 1.165) is 58.3 Å². The van der Waals surface area contributed by atoms with Gasteiger partial charge in [-0.2, -0.15) is 5.10 Å². The molecule has 3 aromatic heterocycles. The first-order valence-corrected chi connectivity index (χ1v) is 19.9. The normalized spacial score (nSPS) is 12.6. The van der Waals surface area contributed by atoms with Crippen molar-refractivity contribution in [2.45, 2.75) is 119 Å². The molecule has 0 fully saturated rings. The van der Waals surface area contributed by atoms with Crippen molar-refractivity contribution in [3.8, 4) is 34.1 Å². The molecule has 0 saturated carbocycles. The van der Waals surface area contributed by atoms with E-state index in [9.17, 15) is 0 Å². The van der Waals surface area contributed by atoms with Crippen LogP contribution in [0.25, 0.3) is 44.4 Å². The van der Waals surface area contributed by atoms with Crippen LogP contribution in [0.15, 0.2) is 91.1 Å². The molecule has 0 unspecified atom stereocenters. The summed E-state index contributed by atoms with van der Waals surface area (Å²) in [5.41, 5.74) is 14.1. The molecule has 0 aliphatic carbocycles. The highest BCUT2D eigenvalue weighted by atomic mass is 16.5. The van der Waals surface area contributed by atoms with E-state index in [2.05, 4.69) is 184 Å². The maximum Gasteiger partial charge on any atom is 0.137 e. The molecule has 5 nitrogen and oxygen atoms in total. The Hall–Kier alpha value is -5.16. The van der Waals surface area contributed by atoms with Gasteiger partial charge in [0, 0.05) is 40.4 Å². The highest BCUT2D eigenvalue weighted by Gasteiger charge is 2.30. The lowest BCUT2D eigenvalue weighted by molar-refractivity contribution is 0.478. The summed E-state index contributed by atoms with van der Waals surface area (Å²) in [5.74, 6) is 2.48. The molecule has 284 valence electrons. The number of fused-ring (bicyclic) bond motifs is 3. The van der Waals surface area contributed by atoms with Crippen LogP contribution in [0.5, 0.6) is 11.5 Å². The van der Waals surface area contributed by atoms with Gasteiger partial charge in [-0.05, 0) is 114 Å². The van der Waals surface area contributed by atoms with E-state index in [4.69, 9.17) is 14.8 Å². The van der Waals surface area contributed by atoms with Crippen molar-refractivity contribution in [1.29, 1.82) is 0 Å². The molecular formula is C50H58N4O. The second-order valence-electron chi connectivity index (χ2n) is 18.6. The quantitative estimate of drug-likeness (QED) is 0.164. The molecule has 0 spiro atoms. The van der Waals surface area contributed by atoms with Gasteiger partial charge in [-0.1, -0.05) is 112 Å². The number of para-hydroxylation sites is 1. The monoisotopic (exact) mass is 730 g/mol. The van der Waals surface area contributed by atoms with Gasteiger partial charge in [0.05, 0.1) is 22.4 Å².